The summed E-state index contributed by atoms with van der Waals surface area (Å²) in [6, 6.07) is 9.26. The summed E-state index contributed by atoms with van der Waals surface area (Å²) in [5.41, 5.74) is 4.33. The Bertz CT molecular complexity index is 931. The van der Waals surface area contributed by atoms with Gasteiger partial charge in [-0.2, -0.15) is 0 Å². The minimum absolute atomic E-state index is 0.373. The van der Waals surface area contributed by atoms with E-state index in [2.05, 4.69) is 79.1 Å². The summed E-state index contributed by atoms with van der Waals surface area (Å²) in [5.74, 6) is 2.08. The van der Waals surface area contributed by atoms with Gasteiger partial charge >= 0.3 is 0 Å². The van der Waals surface area contributed by atoms with Crippen molar-refractivity contribution < 1.29 is 0 Å². The van der Waals surface area contributed by atoms with Gasteiger partial charge in [-0.25, -0.2) is 9.97 Å². The molecule has 0 aliphatic carbocycles. The zero-order valence-corrected chi connectivity index (χ0v) is 17.1. The first kappa shape index (κ1) is 19.0. The first-order valence-corrected chi connectivity index (χ1v) is 10.9. The number of hydrogen-bond acceptors (Lipinski definition) is 4. The molecule has 6 nitrogen and oxygen atoms in total. The average Bonchev–Trinajstić information content (AvgIpc) is 3.57. The number of hydrogen-bond donors (Lipinski definition) is 4. The molecule has 4 N–H and O–H groups in total. The van der Waals surface area contributed by atoms with Crippen LogP contribution in [0.1, 0.15) is 71.9 Å². The van der Waals surface area contributed by atoms with Gasteiger partial charge < -0.3 is 20.6 Å². The molecule has 5 rings (SSSR count). The van der Waals surface area contributed by atoms with Gasteiger partial charge in [0.05, 0.1) is 29.7 Å². The van der Waals surface area contributed by atoms with Crippen molar-refractivity contribution in [3.8, 4) is 0 Å². The number of aromatic amines is 2. The largest absolute Gasteiger partial charge is 0.347 e. The van der Waals surface area contributed by atoms with E-state index in [4.69, 9.17) is 0 Å². The fourth-order valence-corrected chi connectivity index (χ4v) is 4.15. The fourth-order valence-electron chi connectivity index (χ4n) is 4.15. The topological polar surface area (TPSA) is 81.4 Å². The Balaban J connectivity index is 1.19. The van der Waals surface area contributed by atoms with Crippen molar-refractivity contribution in [2.75, 3.05) is 13.1 Å². The molecule has 2 aliphatic heterocycles. The minimum Gasteiger partial charge on any atom is -0.347 e. The second-order valence-electron chi connectivity index (χ2n) is 8.07. The summed E-state index contributed by atoms with van der Waals surface area (Å²) in [5, 5.41) is 6.94. The first-order valence-electron chi connectivity index (χ1n) is 10.9. The number of imidazole rings is 2. The monoisotopic (exact) mass is 400 g/mol. The van der Waals surface area contributed by atoms with E-state index in [1.807, 2.05) is 12.4 Å². The molecule has 0 radical (unpaired) electrons. The molecule has 0 spiro atoms. The average molecular weight is 401 g/mol. The molecule has 2 unspecified atom stereocenters. The molecular weight excluding hydrogens is 372 g/mol. The van der Waals surface area contributed by atoms with E-state index in [0.29, 0.717) is 12.1 Å². The van der Waals surface area contributed by atoms with E-state index in [0.717, 1.165) is 60.1 Å². The molecule has 0 amide bonds. The molecule has 6 heteroatoms. The lowest BCUT2D eigenvalue weighted by Crippen LogP contribution is -2.14. The lowest BCUT2D eigenvalue weighted by Gasteiger charge is -2.04. The maximum Gasteiger partial charge on any atom is 0.123 e. The summed E-state index contributed by atoms with van der Waals surface area (Å²) in [6.07, 6.45) is 17.0. The predicted molar refractivity (Wildman–Crippen MR) is 121 cm³/mol. The Kier molecular flexibility index (Phi) is 5.59. The SMILES string of the molecule is C(=Cc1c[nH]c(C2CCCN2)n1)c1ccc(C=Cc2cnc(C3CCCN3)[nH]2)cc1. The summed E-state index contributed by atoms with van der Waals surface area (Å²) in [6.45, 7) is 2.16. The summed E-state index contributed by atoms with van der Waals surface area (Å²) in [7, 11) is 0. The highest BCUT2D eigenvalue weighted by molar-refractivity contribution is 5.71. The minimum atomic E-state index is 0.373. The molecule has 4 heterocycles. The van der Waals surface area contributed by atoms with E-state index >= 15 is 0 Å². The van der Waals surface area contributed by atoms with Crippen LogP contribution in [0.4, 0.5) is 0 Å². The van der Waals surface area contributed by atoms with Gasteiger partial charge in [0.15, 0.2) is 0 Å². The first-order chi connectivity index (χ1) is 14.8. The summed E-state index contributed by atoms with van der Waals surface area (Å²) < 4.78 is 0. The highest BCUT2D eigenvalue weighted by Gasteiger charge is 2.19. The molecule has 2 aromatic heterocycles. The Morgan fingerprint density at radius 2 is 1.47 bits per heavy atom. The second-order valence-corrected chi connectivity index (χ2v) is 8.07. The van der Waals surface area contributed by atoms with Crippen LogP contribution in [0.5, 0.6) is 0 Å². The molecule has 3 aromatic rings. The zero-order valence-electron chi connectivity index (χ0n) is 17.1. The van der Waals surface area contributed by atoms with Gasteiger partial charge in [0.25, 0.3) is 0 Å². The molecule has 1 aromatic carbocycles. The number of H-pyrrole nitrogens is 2. The molecular formula is C24H28N6. The molecule has 0 saturated carbocycles. The van der Waals surface area contributed by atoms with E-state index < -0.39 is 0 Å². The quantitative estimate of drug-likeness (QED) is 0.497. The van der Waals surface area contributed by atoms with E-state index in [9.17, 15) is 0 Å². The molecule has 0 bridgehead atoms. The van der Waals surface area contributed by atoms with Crippen LogP contribution in [-0.4, -0.2) is 33.0 Å². The van der Waals surface area contributed by atoms with Crippen molar-refractivity contribution in [2.45, 2.75) is 37.8 Å². The molecule has 2 fully saturated rings. The second kappa shape index (κ2) is 8.81. The van der Waals surface area contributed by atoms with Crippen LogP contribution in [0.3, 0.4) is 0 Å². The van der Waals surface area contributed by atoms with Crippen molar-refractivity contribution in [3.63, 3.8) is 0 Å². The standard InChI is InChI=1S/C24H28N6/c1-3-21(25-13-1)23-27-15-19(29-23)11-9-17-5-7-18(8-6-17)10-12-20-16-28-24(30-20)22-4-2-14-26-22/h5-12,15-16,21-22,25-26H,1-4,13-14H2,(H,27,29)(H,28,30). The third-order valence-corrected chi connectivity index (χ3v) is 5.85. The molecule has 154 valence electrons. The molecule has 2 atom stereocenters. The normalized spacial score (nSPS) is 22.0. The Morgan fingerprint density at radius 1 is 0.800 bits per heavy atom. The zero-order chi connectivity index (χ0) is 20.2. The van der Waals surface area contributed by atoms with E-state index in [1.165, 1.54) is 12.8 Å². The number of nitrogens with zero attached hydrogens (tertiary/aromatic N) is 2. The Morgan fingerprint density at radius 3 is 2.13 bits per heavy atom. The smallest absolute Gasteiger partial charge is 0.123 e. The van der Waals surface area contributed by atoms with Crippen LogP contribution < -0.4 is 10.6 Å². The van der Waals surface area contributed by atoms with Crippen LogP contribution in [0.25, 0.3) is 24.3 Å². The van der Waals surface area contributed by atoms with Gasteiger partial charge in [-0.1, -0.05) is 36.4 Å². The highest BCUT2D eigenvalue weighted by atomic mass is 15.0. The van der Waals surface area contributed by atoms with Gasteiger partial charge in [0, 0.05) is 6.20 Å². The third kappa shape index (κ3) is 4.45. The van der Waals surface area contributed by atoms with Crippen LogP contribution in [0.2, 0.25) is 0 Å². The molecule has 30 heavy (non-hydrogen) atoms. The van der Waals surface area contributed by atoms with Gasteiger partial charge in [-0.15, -0.1) is 0 Å². The van der Waals surface area contributed by atoms with Crippen molar-refractivity contribution in [1.29, 1.82) is 0 Å². The van der Waals surface area contributed by atoms with E-state index in [-0.39, 0.29) is 0 Å². The third-order valence-electron chi connectivity index (χ3n) is 5.85. The lowest BCUT2D eigenvalue weighted by molar-refractivity contribution is 0.612. The van der Waals surface area contributed by atoms with Crippen LogP contribution >= 0.6 is 0 Å². The van der Waals surface area contributed by atoms with Gasteiger partial charge in [-0.3, -0.25) is 0 Å². The van der Waals surface area contributed by atoms with Crippen molar-refractivity contribution in [1.82, 2.24) is 30.6 Å². The van der Waals surface area contributed by atoms with Crippen LogP contribution in [0.15, 0.2) is 36.7 Å². The Labute approximate surface area is 176 Å². The van der Waals surface area contributed by atoms with Crippen LogP contribution in [0, 0.1) is 0 Å². The van der Waals surface area contributed by atoms with Crippen LogP contribution in [-0.2, 0) is 0 Å². The van der Waals surface area contributed by atoms with Crippen molar-refractivity contribution in [2.24, 2.45) is 0 Å². The maximum absolute atomic E-state index is 4.69. The summed E-state index contributed by atoms with van der Waals surface area (Å²) in [4.78, 5) is 15.9. The van der Waals surface area contributed by atoms with Gasteiger partial charge in [-0.05, 0) is 62.1 Å². The molecule has 2 saturated heterocycles. The van der Waals surface area contributed by atoms with Gasteiger partial charge in [0.1, 0.15) is 11.6 Å². The van der Waals surface area contributed by atoms with Crippen molar-refractivity contribution in [3.05, 3.63) is 70.8 Å². The molecule has 2 aliphatic rings. The number of benzene rings is 1. The summed E-state index contributed by atoms with van der Waals surface area (Å²) >= 11 is 0. The number of aromatic nitrogens is 4. The highest BCUT2D eigenvalue weighted by Crippen LogP contribution is 2.22. The number of rotatable bonds is 6. The van der Waals surface area contributed by atoms with E-state index in [1.54, 1.807) is 0 Å². The predicted octanol–water partition coefficient (Wildman–Crippen LogP) is 4.32. The maximum atomic E-state index is 4.69. The fraction of sp³-hybridized carbons (Fsp3) is 0.333. The van der Waals surface area contributed by atoms with Gasteiger partial charge in [0.2, 0.25) is 0 Å². The lowest BCUT2D eigenvalue weighted by atomic mass is 10.1. The van der Waals surface area contributed by atoms with Crippen molar-refractivity contribution >= 4 is 24.3 Å². The Hall–Kier alpha value is -2.96. The number of nitrogens with one attached hydrogen (secondary N) is 4.